The van der Waals surface area contributed by atoms with E-state index in [1.165, 1.54) is 6.33 Å². The zero-order valence-corrected chi connectivity index (χ0v) is 9.30. The lowest BCUT2D eigenvalue weighted by atomic mass is 10.2. The van der Waals surface area contributed by atoms with Gasteiger partial charge in [-0.05, 0) is 17.7 Å². The lowest BCUT2D eigenvalue weighted by molar-refractivity contribution is 0.101. The molecule has 17 heavy (non-hydrogen) atoms. The number of nitrogens with one attached hydrogen (secondary N) is 2. The van der Waals surface area contributed by atoms with E-state index < -0.39 is 0 Å². The minimum atomic E-state index is -0.318. The summed E-state index contributed by atoms with van der Waals surface area (Å²) in [7, 11) is 1.64. The quantitative estimate of drug-likeness (QED) is 0.830. The number of H-pyrrole nitrogens is 1. The third-order valence-corrected chi connectivity index (χ3v) is 2.15. The molecular weight excluding hydrogens is 220 g/mol. The summed E-state index contributed by atoms with van der Waals surface area (Å²) in [6.45, 7) is 0.552. The lowest BCUT2D eigenvalue weighted by Crippen LogP contribution is -2.13. The minimum absolute atomic E-state index is 0.186. The summed E-state index contributed by atoms with van der Waals surface area (Å²) < 4.78 is 5.00. The highest BCUT2D eigenvalue weighted by Crippen LogP contribution is 2.10. The molecule has 0 aliphatic rings. The van der Waals surface area contributed by atoms with Crippen LogP contribution in [0.2, 0.25) is 0 Å². The molecule has 0 aliphatic carbocycles. The molecule has 0 spiro atoms. The highest BCUT2D eigenvalue weighted by Gasteiger charge is 2.08. The topological polar surface area (TPSA) is 79.9 Å². The molecule has 1 amide bonds. The van der Waals surface area contributed by atoms with E-state index in [0.29, 0.717) is 12.3 Å². The average molecular weight is 232 g/mol. The van der Waals surface area contributed by atoms with E-state index in [1.54, 1.807) is 7.11 Å². The van der Waals surface area contributed by atoms with Crippen molar-refractivity contribution < 1.29 is 9.53 Å². The molecule has 6 heteroatoms. The number of amides is 1. The maximum Gasteiger partial charge on any atom is 0.292 e. The van der Waals surface area contributed by atoms with Gasteiger partial charge in [0.05, 0.1) is 6.61 Å². The molecule has 0 bridgehead atoms. The van der Waals surface area contributed by atoms with E-state index in [2.05, 4.69) is 20.5 Å². The molecule has 2 aromatic rings. The first kappa shape index (κ1) is 11.3. The van der Waals surface area contributed by atoms with Gasteiger partial charge in [0.25, 0.3) is 5.91 Å². The molecule has 88 valence electrons. The number of ether oxygens (including phenoxy) is 1. The Morgan fingerprint density at radius 1 is 1.41 bits per heavy atom. The Labute approximate surface area is 98.0 Å². The molecule has 0 unspecified atom stereocenters. The average Bonchev–Trinajstić information content (AvgIpc) is 2.86. The van der Waals surface area contributed by atoms with Crippen LogP contribution in [-0.4, -0.2) is 28.2 Å². The van der Waals surface area contributed by atoms with Crippen molar-refractivity contribution in [3.8, 4) is 0 Å². The smallest absolute Gasteiger partial charge is 0.292 e. The van der Waals surface area contributed by atoms with Crippen molar-refractivity contribution in [2.75, 3.05) is 12.4 Å². The normalized spacial score (nSPS) is 10.2. The van der Waals surface area contributed by atoms with Gasteiger partial charge in [0.15, 0.2) is 0 Å². The van der Waals surface area contributed by atoms with Crippen molar-refractivity contribution in [2.24, 2.45) is 0 Å². The Balaban J connectivity index is 2.01. The van der Waals surface area contributed by atoms with E-state index in [0.717, 1.165) is 5.56 Å². The first-order chi connectivity index (χ1) is 8.29. The zero-order valence-electron chi connectivity index (χ0n) is 9.30. The third kappa shape index (κ3) is 2.88. The van der Waals surface area contributed by atoms with Gasteiger partial charge in [-0.3, -0.25) is 9.89 Å². The van der Waals surface area contributed by atoms with Crippen molar-refractivity contribution in [3.63, 3.8) is 0 Å². The predicted molar refractivity (Wildman–Crippen MR) is 61.5 cm³/mol. The Kier molecular flexibility index (Phi) is 3.46. The van der Waals surface area contributed by atoms with Crippen LogP contribution < -0.4 is 5.32 Å². The minimum Gasteiger partial charge on any atom is -0.380 e. The predicted octanol–water partition coefficient (Wildman–Crippen LogP) is 1.20. The van der Waals surface area contributed by atoms with Gasteiger partial charge >= 0.3 is 0 Å². The fraction of sp³-hybridized carbons (Fsp3) is 0.182. The largest absolute Gasteiger partial charge is 0.380 e. The summed E-state index contributed by atoms with van der Waals surface area (Å²) in [6.07, 6.45) is 1.29. The van der Waals surface area contributed by atoms with Crippen molar-refractivity contribution >= 4 is 11.6 Å². The van der Waals surface area contributed by atoms with Crippen LogP contribution in [0.3, 0.4) is 0 Å². The van der Waals surface area contributed by atoms with E-state index in [9.17, 15) is 4.79 Å². The van der Waals surface area contributed by atoms with E-state index in [1.807, 2.05) is 24.3 Å². The van der Waals surface area contributed by atoms with Crippen LogP contribution in [0, 0.1) is 0 Å². The fourth-order valence-corrected chi connectivity index (χ4v) is 1.36. The number of hydrogen-bond donors (Lipinski definition) is 2. The summed E-state index contributed by atoms with van der Waals surface area (Å²) in [6, 6.07) is 7.39. The Morgan fingerprint density at radius 3 is 2.76 bits per heavy atom. The molecule has 2 N–H and O–H groups in total. The molecule has 1 heterocycles. The number of methoxy groups -OCH3 is 1. The number of rotatable bonds is 4. The van der Waals surface area contributed by atoms with Gasteiger partial charge in [0.2, 0.25) is 5.82 Å². The Hall–Kier alpha value is -2.21. The number of anilines is 1. The first-order valence-corrected chi connectivity index (χ1v) is 5.04. The molecule has 0 radical (unpaired) electrons. The van der Waals surface area contributed by atoms with Crippen molar-refractivity contribution in [2.45, 2.75) is 6.61 Å². The number of aromatic nitrogens is 3. The van der Waals surface area contributed by atoms with Gasteiger partial charge in [-0.1, -0.05) is 12.1 Å². The van der Waals surface area contributed by atoms with Gasteiger partial charge in [-0.15, -0.1) is 0 Å². The maximum absolute atomic E-state index is 11.6. The molecule has 2 rings (SSSR count). The molecule has 1 aromatic carbocycles. The lowest BCUT2D eigenvalue weighted by Gasteiger charge is -2.04. The fourth-order valence-electron chi connectivity index (χ4n) is 1.36. The van der Waals surface area contributed by atoms with E-state index >= 15 is 0 Å². The van der Waals surface area contributed by atoms with Crippen LogP contribution in [0.15, 0.2) is 30.6 Å². The van der Waals surface area contributed by atoms with Gasteiger partial charge in [0, 0.05) is 12.8 Å². The molecular formula is C11H12N4O2. The second kappa shape index (κ2) is 5.22. The monoisotopic (exact) mass is 232 g/mol. The second-order valence-corrected chi connectivity index (χ2v) is 3.42. The van der Waals surface area contributed by atoms with E-state index in [4.69, 9.17) is 4.74 Å². The number of benzene rings is 1. The molecule has 0 aliphatic heterocycles. The number of carbonyl (C=O) groups is 1. The van der Waals surface area contributed by atoms with Crippen molar-refractivity contribution in [1.29, 1.82) is 0 Å². The maximum atomic E-state index is 11.6. The molecule has 0 saturated heterocycles. The third-order valence-electron chi connectivity index (χ3n) is 2.15. The summed E-state index contributed by atoms with van der Waals surface area (Å²) in [4.78, 5) is 15.4. The van der Waals surface area contributed by atoms with E-state index in [-0.39, 0.29) is 11.7 Å². The van der Waals surface area contributed by atoms with Gasteiger partial charge in [0.1, 0.15) is 6.33 Å². The number of hydrogen-bond acceptors (Lipinski definition) is 4. The molecule has 1 aromatic heterocycles. The summed E-state index contributed by atoms with van der Waals surface area (Å²) in [5.74, 6) is -0.132. The zero-order chi connectivity index (χ0) is 12.1. The Morgan fingerprint density at radius 2 is 2.18 bits per heavy atom. The standard InChI is InChI=1S/C11H12N4O2/c1-17-6-8-2-4-9(5-3-8)14-11(16)10-12-7-13-15-10/h2-5,7H,6H2,1H3,(H,14,16)(H,12,13,15). The van der Waals surface area contributed by atoms with Crippen LogP contribution in [0.1, 0.15) is 16.2 Å². The SMILES string of the molecule is COCc1ccc(NC(=O)c2ncn[nH]2)cc1. The first-order valence-electron chi connectivity index (χ1n) is 5.04. The van der Waals surface area contributed by atoms with Gasteiger partial charge in [-0.2, -0.15) is 5.10 Å². The van der Waals surface area contributed by atoms with Crippen LogP contribution in [0.5, 0.6) is 0 Å². The second-order valence-electron chi connectivity index (χ2n) is 3.42. The summed E-state index contributed by atoms with van der Waals surface area (Å²) >= 11 is 0. The summed E-state index contributed by atoms with van der Waals surface area (Å²) in [5.41, 5.74) is 1.75. The highest BCUT2D eigenvalue weighted by atomic mass is 16.5. The van der Waals surface area contributed by atoms with Crippen LogP contribution >= 0.6 is 0 Å². The van der Waals surface area contributed by atoms with Gasteiger partial charge in [-0.25, -0.2) is 4.98 Å². The number of carbonyl (C=O) groups excluding carboxylic acids is 1. The molecule has 0 fully saturated rings. The Bertz CT molecular complexity index is 479. The number of aromatic amines is 1. The highest BCUT2D eigenvalue weighted by molar-refractivity contribution is 6.01. The molecule has 6 nitrogen and oxygen atoms in total. The van der Waals surface area contributed by atoms with Crippen molar-refractivity contribution in [1.82, 2.24) is 15.2 Å². The van der Waals surface area contributed by atoms with Crippen LogP contribution in [0.25, 0.3) is 0 Å². The number of nitrogens with zero attached hydrogens (tertiary/aromatic N) is 2. The molecule has 0 saturated carbocycles. The van der Waals surface area contributed by atoms with Gasteiger partial charge < -0.3 is 10.1 Å². The van der Waals surface area contributed by atoms with Crippen molar-refractivity contribution in [3.05, 3.63) is 42.0 Å². The van der Waals surface area contributed by atoms with Crippen LogP contribution in [-0.2, 0) is 11.3 Å². The molecule has 0 atom stereocenters. The van der Waals surface area contributed by atoms with Crippen LogP contribution in [0.4, 0.5) is 5.69 Å². The summed E-state index contributed by atoms with van der Waals surface area (Å²) in [5, 5.41) is 8.81.